The van der Waals surface area contributed by atoms with Crippen LogP contribution in [-0.2, 0) is 27.3 Å². The Kier molecular flexibility index (Phi) is 6.89. The maximum atomic E-state index is 11.7. The SMILES string of the molecule is COC(=O)[C@H](Cc1ccc(OCc2ccccc2)c(O)c1)/N=C\B=O. The summed E-state index contributed by atoms with van der Waals surface area (Å²) < 4.78 is 20.7. The molecule has 2 aromatic rings. The van der Waals surface area contributed by atoms with Crippen molar-refractivity contribution in [1.29, 1.82) is 0 Å². The van der Waals surface area contributed by atoms with Crippen LogP contribution in [0.4, 0.5) is 0 Å². The van der Waals surface area contributed by atoms with Crippen molar-refractivity contribution >= 4 is 19.2 Å². The summed E-state index contributed by atoms with van der Waals surface area (Å²) >= 11 is 0. The second kappa shape index (κ2) is 9.37. The molecule has 0 aliphatic heterocycles. The summed E-state index contributed by atoms with van der Waals surface area (Å²) in [4.78, 5) is 15.6. The number of aliphatic imine (C=N–C) groups is 1. The van der Waals surface area contributed by atoms with Gasteiger partial charge in [-0.15, -0.1) is 0 Å². The molecule has 2 aromatic carbocycles. The van der Waals surface area contributed by atoms with E-state index in [0.29, 0.717) is 25.1 Å². The number of aromatic hydroxyl groups is 1. The summed E-state index contributed by atoms with van der Waals surface area (Å²) in [7, 11) is 1.75. The van der Waals surface area contributed by atoms with Gasteiger partial charge in [0, 0.05) is 0 Å². The average Bonchev–Trinajstić information content (AvgIpc) is 2.64. The Balaban J connectivity index is 2.05. The third-order valence-electron chi connectivity index (χ3n) is 3.49. The van der Waals surface area contributed by atoms with Gasteiger partial charge in [-0.05, 0) is 0 Å². The molecule has 0 heterocycles. The quantitative estimate of drug-likeness (QED) is 0.452. The molecule has 0 aliphatic carbocycles. The molecule has 1 atom stereocenters. The van der Waals surface area contributed by atoms with Gasteiger partial charge in [0.1, 0.15) is 0 Å². The molecule has 2 rings (SSSR count). The van der Waals surface area contributed by atoms with E-state index in [1.54, 1.807) is 12.1 Å². The van der Waals surface area contributed by atoms with E-state index in [4.69, 9.17) is 4.74 Å². The number of nitrogens with zero attached hydrogens (tertiary/aromatic N) is 1. The van der Waals surface area contributed by atoms with Crippen LogP contribution in [0.15, 0.2) is 53.5 Å². The van der Waals surface area contributed by atoms with E-state index in [9.17, 15) is 14.6 Å². The Morgan fingerprint density at radius 2 is 2.00 bits per heavy atom. The van der Waals surface area contributed by atoms with Gasteiger partial charge in [0.15, 0.2) is 0 Å². The zero-order valence-electron chi connectivity index (χ0n) is 13.8. The van der Waals surface area contributed by atoms with Gasteiger partial charge >= 0.3 is 127 Å². The summed E-state index contributed by atoms with van der Waals surface area (Å²) in [6, 6.07) is 13.6. The van der Waals surface area contributed by atoms with Crippen molar-refractivity contribution in [3.63, 3.8) is 0 Å². The number of carbonyl (C=O) groups excluding carboxylic acids is 1. The number of phenolic OH excluding ortho intramolecular Hbond substituents is 1. The van der Waals surface area contributed by atoms with Gasteiger partial charge in [-0.1, -0.05) is 18.2 Å². The molecule has 0 unspecified atom stereocenters. The van der Waals surface area contributed by atoms with Crippen molar-refractivity contribution in [1.82, 2.24) is 0 Å². The van der Waals surface area contributed by atoms with Gasteiger partial charge in [0.2, 0.25) is 0 Å². The fourth-order valence-electron chi connectivity index (χ4n) is 2.24. The molecular weight excluding hydrogens is 321 g/mol. The topological polar surface area (TPSA) is 85.2 Å². The number of hydrogen-bond donors (Lipinski definition) is 1. The molecule has 1 N–H and O–H groups in total. The molecule has 0 radical (unpaired) electrons. The molecule has 0 aliphatic rings. The van der Waals surface area contributed by atoms with E-state index in [1.807, 2.05) is 30.3 Å². The summed E-state index contributed by atoms with van der Waals surface area (Å²) in [5.41, 5.74) is 1.66. The normalized spacial score (nSPS) is 11.7. The van der Waals surface area contributed by atoms with Crippen LogP contribution in [0.5, 0.6) is 11.5 Å². The number of benzene rings is 2. The first kappa shape index (κ1) is 18.4. The van der Waals surface area contributed by atoms with Gasteiger partial charge in [0.25, 0.3) is 0 Å². The first-order valence-corrected chi connectivity index (χ1v) is 7.67. The molecule has 128 valence electrons. The monoisotopic (exact) mass is 339 g/mol. The van der Waals surface area contributed by atoms with E-state index < -0.39 is 12.0 Å². The molecule has 0 saturated heterocycles. The van der Waals surface area contributed by atoms with Gasteiger partial charge in [-0.25, -0.2) is 0 Å². The van der Waals surface area contributed by atoms with E-state index in [1.165, 1.54) is 13.2 Å². The van der Waals surface area contributed by atoms with Crippen LogP contribution in [0.3, 0.4) is 0 Å². The van der Waals surface area contributed by atoms with E-state index in [-0.39, 0.29) is 12.2 Å². The number of ether oxygens (including phenoxy) is 2. The number of carbonyl (C=O) groups is 1. The number of methoxy groups -OCH3 is 1. The van der Waals surface area contributed by atoms with E-state index in [2.05, 4.69) is 9.73 Å². The third kappa shape index (κ3) is 5.56. The third-order valence-corrected chi connectivity index (χ3v) is 3.49. The van der Waals surface area contributed by atoms with Crippen molar-refractivity contribution in [3.8, 4) is 11.5 Å². The predicted molar refractivity (Wildman–Crippen MR) is 93.3 cm³/mol. The van der Waals surface area contributed by atoms with Crippen molar-refractivity contribution in [2.75, 3.05) is 7.11 Å². The molecule has 6 nitrogen and oxygen atoms in total. The van der Waals surface area contributed by atoms with Crippen molar-refractivity contribution in [2.45, 2.75) is 19.1 Å². The van der Waals surface area contributed by atoms with Crippen LogP contribution < -0.4 is 4.74 Å². The molecule has 7 heteroatoms. The Labute approximate surface area is 146 Å². The molecular formula is C18H18BNO5. The standard InChI is InChI=1S/C18H18BNO5/c1-24-18(22)15(20-12-19-23)9-14-7-8-17(16(21)10-14)25-11-13-5-3-2-4-6-13/h2-8,10,12,15,21H,9,11H2,1H3/b20-12-/t15-/m0/s1. The average molecular weight is 339 g/mol. The Hall–Kier alpha value is -2.96. The number of phenols is 1. The van der Waals surface area contributed by atoms with E-state index >= 15 is 0 Å². The first-order valence-electron chi connectivity index (χ1n) is 7.67. The fraction of sp³-hybridized carbons (Fsp3) is 0.222. The summed E-state index contributed by atoms with van der Waals surface area (Å²) in [6.45, 7) is 0.335. The Morgan fingerprint density at radius 1 is 1.24 bits per heavy atom. The van der Waals surface area contributed by atoms with Crippen LogP contribution in [0, 0.1) is 0 Å². The molecule has 0 spiro atoms. The number of rotatable bonds is 8. The molecule has 0 amide bonds. The summed E-state index contributed by atoms with van der Waals surface area (Å²) in [5.74, 6) is -0.239. The zero-order chi connectivity index (χ0) is 18.1. The Bertz CT molecular complexity index is 748. The predicted octanol–water partition coefficient (Wildman–Crippen LogP) is 2.13. The van der Waals surface area contributed by atoms with Gasteiger partial charge in [0.05, 0.1) is 0 Å². The molecule has 0 aromatic heterocycles. The minimum atomic E-state index is -0.842. The maximum absolute atomic E-state index is 11.7. The van der Waals surface area contributed by atoms with Gasteiger partial charge in [-0.3, -0.25) is 0 Å². The number of hydrogen-bond acceptors (Lipinski definition) is 6. The second-order valence-corrected chi connectivity index (χ2v) is 5.25. The Morgan fingerprint density at radius 3 is 2.64 bits per heavy atom. The van der Waals surface area contributed by atoms with Gasteiger partial charge in [-0.2, -0.15) is 0 Å². The first-order chi connectivity index (χ1) is 12.1. The van der Waals surface area contributed by atoms with Crippen molar-refractivity contribution in [3.05, 3.63) is 59.7 Å². The zero-order valence-corrected chi connectivity index (χ0v) is 13.8. The molecule has 25 heavy (non-hydrogen) atoms. The van der Waals surface area contributed by atoms with Crippen LogP contribution in [0.2, 0.25) is 0 Å². The summed E-state index contributed by atoms with van der Waals surface area (Å²) in [6.07, 6.45) is 1.21. The minimum absolute atomic E-state index is 0.0311. The fourth-order valence-corrected chi connectivity index (χ4v) is 2.24. The molecule has 0 saturated carbocycles. The molecule has 0 fully saturated rings. The summed E-state index contributed by atoms with van der Waals surface area (Å²) in [5, 5.41) is 10.1. The van der Waals surface area contributed by atoms with Crippen LogP contribution in [0.1, 0.15) is 11.1 Å². The van der Waals surface area contributed by atoms with Gasteiger partial charge < -0.3 is 0 Å². The van der Waals surface area contributed by atoms with E-state index in [0.717, 1.165) is 11.7 Å². The van der Waals surface area contributed by atoms with Crippen molar-refractivity contribution in [2.24, 2.45) is 4.99 Å². The molecule has 0 bridgehead atoms. The van der Waals surface area contributed by atoms with Crippen LogP contribution in [0.25, 0.3) is 0 Å². The second-order valence-electron chi connectivity index (χ2n) is 5.25. The van der Waals surface area contributed by atoms with Crippen molar-refractivity contribution < 1.29 is 24.1 Å². The van der Waals surface area contributed by atoms with Crippen LogP contribution in [-0.4, -0.2) is 37.5 Å². The number of esters is 1. The van der Waals surface area contributed by atoms with Crippen LogP contribution >= 0.6 is 0 Å².